The van der Waals surface area contributed by atoms with Gasteiger partial charge in [-0.05, 0) is 62.1 Å². The van der Waals surface area contributed by atoms with Gasteiger partial charge in [-0.2, -0.15) is 0 Å². The zero-order valence-electron chi connectivity index (χ0n) is 21.4. The van der Waals surface area contributed by atoms with Crippen molar-refractivity contribution in [1.82, 2.24) is 15.5 Å². The van der Waals surface area contributed by atoms with Crippen LogP contribution in [-0.2, 0) is 16.0 Å². The summed E-state index contributed by atoms with van der Waals surface area (Å²) in [5.41, 5.74) is 2.61. The molecule has 1 fully saturated rings. The predicted octanol–water partition coefficient (Wildman–Crippen LogP) is 4.13. The van der Waals surface area contributed by atoms with Gasteiger partial charge in [0, 0.05) is 31.1 Å². The minimum atomic E-state index is -0.634. The second kappa shape index (κ2) is 12.5. The number of carbonyl (C=O) groups is 3. The molecule has 2 aromatic rings. The normalized spacial score (nSPS) is 16.0. The van der Waals surface area contributed by atoms with Crippen LogP contribution in [0.2, 0.25) is 0 Å². The fourth-order valence-electron chi connectivity index (χ4n) is 4.46. The largest absolute Gasteiger partial charge is 0.352 e. The van der Waals surface area contributed by atoms with E-state index in [1.807, 2.05) is 67.3 Å². The van der Waals surface area contributed by atoms with Gasteiger partial charge >= 0.3 is 0 Å². The highest BCUT2D eigenvalue weighted by Crippen LogP contribution is 2.23. The first-order valence-corrected chi connectivity index (χ1v) is 12.7. The number of likely N-dealkylation sites (tertiary alicyclic amines) is 1. The molecule has 6 heteroatoms. The Kier molecular flexibility index (Phi) is 9.47. The first-order chi connectivity index (χ1) is 16.8. The molecular weight excluding hydrogens is 438 g/mol. The molecule has 0 saturated carbocycles. The summed E-state index contributed by atoms with van der Waals surface area (Å²) < 4.78 is 0. The average molecular weight is 478 g/mol. The van der Waals surface area contributed by atoms with Crippen LogP contribution in [0.3, 0.4) is 0 Å². The van der Waals surface area contributed by atoms with E-state index in [0.29, 0.717) is 37.9 Å². The Balaban J connectivity index is 1.64. The third-order valence-corrected chi connectivity index (χ3v) is 7.16. The van der Waals surface area contributed by atoms with Crippen molar-refractivity contribution in [2.75, 3.05) is 13.1 Å². The van der Waals surface area contributed by atoms with E-state index in [9.17, 15) is 14.4 Å². The quantitative estimate of drug-likeness (QED) is 0.570. The molecule has 2 unspecified atom stereocenters. The lowest BCUT2D eigenvalue weighted by Gasteiger charge is -2.36. The number of rotatable bonds is 9. The van der Waals surface area contributed by atoms with Crippen molar-refractivity contribution in [3.8, 4) is 0 Å². The Labute approximate surface area is 209 Å². The summed E-state index contributed by atoms with van der Waals surface area (Å²) in [6.07, 6.45) is 2.57. The van der Waals surface area contributed by atoms with E-state index in [1.165, 1.54) is 0 Å². The van der Waals surface area contributed by atoms with Crippen molar-refractivity contribution in [2.45, 2.75) is 65.5 Å². The van der Waals surface area contributed by atoms with Crippen molar-refractivity contribution in [2.24, 2.45) is 11.8 Å². The Bertz CT molecular complexity index is 997. The summed E-state index contributed by atoms with van der Waals surface area (Å²) >= 11 is 0. The number of benzene rings is 2. The zero-order chi connectivity index (χ0) is 25.4. The Morgan fingerprint density at radius 3 is 2.17 bits per heavy atom. The minimum absolute atomic E-state index is 0.0000156. The number of aryl methyl sites for hydroxylation is 2. The molecule has 6 nitrogen and oxygen atoms in total. The van der Waals surface area contributed by atoms with E-state index in [-0.39, 0.29) is 35.6 Å². The van der Waals surface area contributed by atoms with Gasteiger partial charge in [0.2, 0.25) is 11.8 Å². The number of nitrogens with one attached hydrogen (secondary N) is 2. The summed E-state index contributed by atoms with van der Waals surface area (Å²) in [7, 11) is 0. The second-order valence-corrected chi connectivity index (χ2v) is 10.0. The summed E-state index contributed by atoms with van der Waals surface area (Å²) in [6.45, 7) is 9.20. The lowest BCUT2D eigenvalue weighted by molar-refractivity contribution is -0.133. The predicted molar refractivity (Wildman–Crippen MR) is 139 cm³/mol. The van der Waals surface area contributed by atoms with Crippen LogP contribution in [0.15, 0.2) is 54.6 Å². The third-order valence-electron chi connectivity index (χ3n) is 7.16. The Morgan fingerprint density at radius 1 is 0.914 bits per heavy atom. The van der Waals surface area contributed by atoms with E-state index >= 15 is 0 Å². The number of hydrogen-bond acceptors (Lipinski definition) is 3. The SMILES string of the molecule is Cc1ccccc1C(=O)NC(C(=O)NC(C)C(C)C)C1CCN(C(=O)CCc2ccccc2)CC1. The first-order valence-electron chi connectivity index (χ1n) is 12.7. The third kappa shape index (κ3) is 7.41. The summed E-state index contributed by atoms with van der Waals surface area (Å²) in [4.78, 5) is 41.0. The molecule has 0 aliphatic carbocycles. The molecule has 1 heterocycles. The number of piperidine rings is 1. The minimum Gasteiger partial charge on any atom is -0.352 e. The Hall–Kier alpha value is -3.15. The van der Waals surface area contributed by atoms with Gasteiger partial charge in [-0.15, -0.1) is 0 Å². The van der Waals surface area contributed by atoms with Gasteiger partial charge in [0.25, 0.3) is 5.91 Å². The molecule has 35 heavy (non-hydrogen) atoms. The van der Waals surface area contributed by atoms with Crippen LogP contribution in [0.5, 0.6) is 0 Å². The number of hydrogen-bond donors (Lipinski definition) is 2. The molecule has 2 atom stereocenters. The molecule has 3 rings (SSSR count). The van der Waals surface area contributed by atoms with Crippen LogP contribution in [0, 0.1) is 18.8 Å². The highest BCUT2D eigenvalue weighted by atomic mass is 16.2. The molecular formula is C29H39N3O3. The molecule has 3 amide bonds. The smallest absolute Gasteiger partial charge is 0.252 e. The van der Waals surface area contributed by atoms with Crippen LogP contribution >= 0.6 is 0 Å². The maximum Gasteiger partial charge on any atom is 0.252 e. The topological polar surface area (TPSA) is 78.5 Å². The van der Waals surface area contributed by atoms with Crippen LogP contribution in [0.1, 0.15) is 61.5 Å². The van der Waals surface area contributed by atoms with Crippen molar-refractivity contribution in [3.63, 3.8) is 0 Å². The standard InChI is InChI=1S/C29H39N3O3/c1-20(2)22(4)30-29(35)27(31-28(34)25-13-9-8-10-21(25)3)24-16-18-32(19-17-24)26(33)15-14-23-11-6-5-7-12-23/h5-13,20,22,24,27H,14-19H2,1-4H3,(H,30,35)(H,31,34). The number of carbonyl (C=O) groups excluding carboxylic acids is 3. The van der Waals surface area contributed by atoms with Gasteiger partial charge in [0.1, 0.15) is 6.04 Å². The van der Waals surface area contributed by atoms with E-state index in [0.717, 1.165) is 17.5 Å². The van der Waals surface area contributed by atoms with E-state index in [1.54, 1.807) is 6.07 Å². The maximum absolute atomic E-state index is 13.3. The van der Waals surface area contributed by atoms with Crippen molar-refractivity contribution in [3.05, 3.63) is 71.3 Å². The molecule has 1 aliphatic heterocycles. The van der Waals surface area contributed by atoms with Crippen LogP contribution in [0.25, 0.3) is 0 Å². The Morgan fingerprint density at radius 2 is 1.54 bits per heavy atom. The molecule has 1 saturated heterocycles. The summed E-state index contributed by atoms with van der Waals surface area (Å²) in [6, 6.07) is 16.8. The van der Waals surface area contributed by atoms with E-state index in [4.69, 9.17) is 0 Å². The highest BCUT2D eigenvalue weighted by Gasteiger charge is 2.34. The highest BCUT2D eigenvalue weighted by molar-refractivity contribution is 5.98. The van der Waals surface area contributed by atoms with Crippen LogP contribution in [-0.4, -0.2) is 47.8 Å². The second-order valence-electron chi connectivity index (χ2n) is 10.0. The molecule has 0 bridgehead atoms. The van der Waals surface area contributed by atoms with E-state index < -0.39 is 6.04 Å². The first kappa shape index (κ1) is 26.5. The van der Waals surface area contributed by atoms with Gasteiger partial charge in [-0.1, -0.05) is 62.4 Å². The maximum atomic E-state index is 13.3. The average Bonchev–Trinajstić information content (AvgIpc) is 2.86. The summed E-state index contributed by atoms with van der Waals surface area (Å²) in [5.74, 6) is 0.0192. The van der Waals surface area contributed by atoms with Gasteiger partial charge in [-0.25, -0.2) is 0 Å². The number of amides is 3. The molecule has 0 radical (unpaired) electrons. The summed E-state index contributed by atoms with van der Waals surface area (Å²) in [5, 5.41) is 6.11. The lowest BCUT2D eigenvalue weighted by atomic mass is 9.87. The zero-order valence-corrected chi connectivity index (χ0v) is 21.4. The van der Waals surface area contributed by atoms with Crippen LogP contribution in [0.4, 0.5) is 0 Å². The monoisotopic (exact) mass is 477 g/mol. The van der Waals surface area contributed by atoms with Gasteiger partial charge < -0.3 is 15.5 Å². The number of nitrogens with zero attached hydrogens (tertiary/aromatic N) is 1. The van der Waals surface area contributed by atoms with Crippen molar-refractivity contribution in [1.29, 1.82) is 0 Å². The molecule has 2 aromatic carbocycles. The molecule has 0 spiro atoms. The van der Waals surface area contributed by atoms with Gasteiger partial charge in [0.05, 0.1) is 0 Å². The molecule has 1 aliphatic rings. The fourth-order valence-corrected chi connectivity index (χ4v) is 4.46. The lowest BCUT2D eigenvalue weighted by Crippen LogP contribution is -2.55. The molecule has 0 aromatic heterocycles. The molecule has 2 N–H and O–H groups in total. The fraction of sp³-hybridized carbons (Fsp3) is 0.483. The van der Waals surface area contributed by atoms with Gasteiger partial charge in [-0.3, -0.25) is 14.4 Å². The van der Waals surface area contributed by atoms with Crippen molar-refractivity contribution >= 4 is 17.7 Å². The van der Waals surface area contributed by atoms with Crippen LogP contribution < -0.4 is 10.6 Å². The van der Waals surface area contributed by atoms with Gasteiger partial charge in [0.15, 0.2) is 0 Å². The van der Waals surface area contributed by atoms with Crippen molar-refractivity contribution < 1.29 is 14.4 Å². The van der Waals surface area contributed by atoms with E-state index in [2.05, 4.69) is 24.5 Å². The molecule has 188 valence electrons.